The molecule has 0 N–H and O–H groups in total. The SMILES string of the molecule is Cn1c2[n+](c3c1cn1cnccc31)Cc1ccccc1-2. The van der Waals surface area contributed by atoms with Crippen molar-refractivity contribution in [3.8, 4) is 11.4 Å². The fourth-order valence-corrected chi connectivity index (χ4v) is 3.45. The zero-order chi connectivity index (χ0) is 13.3. The highest BCUT2D eigenvalue weighted by Crippen LogP contribution is 2.32. The van der Waals surface area contributed by atoms with E-state index in [-0.39, 0.29) is 0 Å². The second kappa shape index (κ2) is 3.28. The fraction of sp³-hybridized carbons (Fsp3) is 0.125. The Morgan fingerprint density at radius 3 is 3.00 bits per heavy atom. The van der Waals surface area contributed by atoms with Gasteiger partial charge in [-0.05, 0) is 12.1 Å². The number of fused-ring (bicyclic) bond motifs is 7. The Bertz CT molecular complexity index is 990. The summed E-state index contributed by atoms with van der Waals surface area (Å²) in [6.07, 6.45) is 5.88. The molecule has 4 aromatic rings. The van der Waals surface area contributed by atoms with Crippen LogP contribution in [-0.4, -0.2) is 14.0 Å². The lowest BCUT2D eigenvalue weighted by Crippen LogP contribution is -2.31. The number of imidazole rings is 1. The minimum Gasteiger partial charge on any atom is -0.299 e. The normalized spacial score (nSPS) is 13.1. The van der Waals surface area contributed by atoms with Gasteiger partial charge in [-0.25, -0.2) is 14.1 Å². The van der Waals surface area contributed by atoms with Crippen LogP contribution in [0.2, 0.25) is 0 Å². The van der Waals surface area contributed by atoms with Gasteiger partial charge in [0.2, 0.25) is 5.52 Å². The van der Waals surface area contributed by atoms with Crippen molar-refractivity contribution in [3.63, 3.8) is 0 Å². The third-order valence-electron chi connectivity index (χ3n) is 4.33. The Kier molecular flexibility index (Phi) is 1.67. The van der Waals surface area contributed by atoms with E-state index in [2.05, 4.69) is 62.1 Å². The Morgan fingerprint density at radius 1 is 1.15 bits per heavy atom. The van der Waals surface area contributed by atoms with Gasteiger partial charge in [0.1, 0.15) is 6.54 Å². The van der Waals surface area contributed by atoms with E-state index in [4.69, 9.17) is 0 Å². The predicted octanol–water partition coefficient (Wildman–Crippen LogP) is 2.14. The molecule has 4 heterocycles. The van der Waals surface area contributed by atoms with Crippen LogP contribution in [-0.2, 0) is 13.6 Å². The summed E-state index contributed by atoms with van der Waals surface area (Å²) in [5, 5.41) is 0. The van der Waals surface area contributed by atoms with Crippen molar-refractivity contribution >= 4 is 16.6 Å². The molecule has 1 aromatic carbocycles. The maximum absolute atomic E-state index is 4.19. The van der Waals surface area contributed by atoms with Crippen LogP contribution in [0.25, 0.3) is 27.9 Å². The van der Waals surface area contributed by atoms with Crippen molar-refractivity contribution in [1.82, 2.24) is 14.0 Å². The van der Waals surface area contributed by atoms with Gasteiger partial charge in [-0.1, -0.05) is 18.2 Å². The molecular weight excluding hydrogens is 248 g/mol. The lowest BCUT2D eigenvalue weighted by molar-refractivity contribution is -0.645. The predicted molar refractivity (Wildman–Crippen MR) is 76.4 cm³/mol. The van der Waals surface area contributed by atoms with Gasteiger partial charge in [0.15, 0.2) is 5.52 Å². The van der Waals surface area contributed by atoms with Crippen LogP contribution in [0.5, 0.6) is 0 Å². The summed E-state index contributed by atoms with van der Waals surface area (Å²) in [5.41, 5.74) is 6.50. The molecule has 0 fully saturated rings. The summed E-state index contributed by atoms with van der Waals surface area (Å²) >= 11 is 0. The number of aromatic nitrogens is 4. The maximum Gasteiger partial charge on any atom is 0.290 e. The molecular formula is C16H13N4+. The molecule has 0 radical (unpaired) electrons. The second-order valence-corrected chi connectivity index (χ2v) is 5.36. The molecule has 4 nitrogen and oxygen atoms in total. The Labute approximate surface area is 115 Å². The molecule has 0 bridgehead atoms. The van der Waals surface area contributed by atoms with E-state index >= 15 is 0 Å². The van der Waals surface area contributed by atoms with Gasteiger partial charge >= 0.3 is 0 Å². The maximum atomic E-state index is 4.19. The molecule has 3 aromatic heterocycles. The third-order valence-corrected chi connectivity index (χ3v) is 4.33. The molecule has 0 spiro atoms. The summed E-state index contributed by atoms with van der Waals surface area (Å²) in [6.45, 7) is 0.949. The minimum atomic E-state index is 0.949. The molecule has 1 aliphatic rings. The van der Waals surface area contributed by atoms with Crippen LogP contribution in [0, 0.1) is 0 Å². The quantitative estimate of drug-likeness (QED) is 0.392. The Balaban J connectivity index is 1.99. The number of hydrogen-bond acceptors (Lipinski definition) is 1. The number of benzene rings is 1. The molecule has 96 valence electrons. The zero-order valence-corrected chi connectivity index (χ0v) is 11.1. The van der Waals surface area contributed by atoms with Gasteiger partial charge in [0.05, 0.1) is 30.7 Å². The zero-order valence-electron chi connectivity index (χ0n) is 11.1. The lowest BCUT2D eigenvalue weighted by atomic mass is 10.1. The van der Waals surface area contributed by atoms with Gasteiger partial charge in [-0.3, -0.25) is 4.40 Å². The van der Waals surface area contributed by atoms with Crippen molar-refractivity contribution in [1.29, 1.82) is 0 Å². The fourth-order valence-electron chi connectivity index (χ4n) is 3.45. The van der Waals surface area contributed by atoms with Crippen LogP contribution in [0.3, 0.4) is 0 Å². The summed E-state index contributed by atoms with van der Waals surface area (Å²) in [4.78, 5) is 4.19. The lowest BCUT2D eigenvalue weighted by Gasteiger charge is -1.94. The molecule has 0 atom stereocenters. The molecule has 0 amide bonds. The van der Waals surface area contributed by atoms with Gasteiger partial charge in [0.25, 0.3) is 5.82 Å². The van der Waals surface area contributed by atoms with Crippen LogP contribution in [0.1, 0.15) is 5.56 Å². The number of aryl methyl sites for hydroxylation is 1. The van der Waals surface area contributed by atoms with Gasteiger partial charge < -0.3 is 0 Å². The monoisotopic (exact) mass is 261 g/mol. The van der Waals surface area contributed by atoms with E-state index in [0.29, 0.717) is 0 Å². The van der Waals surface area contributed by atoms with E-state index in [9.17, 15) is 0 Å². The van der Waals surface area contributed by atoms with Crippen molar-refractivity contribution in [2.75, 3.05) is 0 Å². The highest BCUT2D eigenvalue weighted by Gasteiger charge is 2.33. The third kappa shape index (κ3) is 1.04. The standard InChI is InChI=1S/C16H13N4/c1-18-14-9-19-10-17-7-6-13(19)15(14)20-8-11-4-2-3-5-12(11)16(18)20/h2-7,9-10H,8H2,1H3/q+1. The Morgan fingerprint density at radius 2 is 2.05 bits per heavy atom. The largest absolute Gasteiger partial charge is 0.299 e. The molecule has 5 rings (SSSR count). The summed E-state index contributed by atoms with van der Waals surface area (Å²) in [5.74, 6) is 1.30. The number of hydrogen-bond donors (Lipinski definition) is 0. The van der Waals surface area contributed by atoms with Crippen molar-refractivity contribution in [2.24, 2.45) is 7.05 Å². The van der Waals surface area contributed by atoms with Crippen molar-refractivity contribution in [2.45, 2.75) is 6.54 Å². The topological polar surface area (TPSA) is 26.1 Å². The molecule has 1 aliphatic heterocycles. The molecule has 4 heteroatoms. The van der Waals surface area contributed by atoms with Crippen LogP contribution >= 0.6 is 0 Å². The van der Waals surface area contributed by atoms with Gasteiger partial charge in [0, 0.05) is 11.8 Å². The summed E-state index contributed by atoms with van der Waals surface area (Å²) < 4.78 is 6.80. The van der Waals surface area contributed by atoms with E-state index < -0.39 is 0 Å². The van der Waals surface area contributed by atoms with E-state index in [0.717, 1.165) is 6.54 Å². The van der Waals surface area contributed by atoms with E-state index in [1.807, 2.05) is 12.5 Å². The average Bonchev–Trinajstić information content (AvgIpc) is 3.10. The van der Waals surface area contributed by atoms with E-state index in [1.165, 1.54) is 33.5 Å². The minimum absolute atomic E-state index is 0.949. The van der Waals surface area contributed by atoms with Gasteiger partial charge in [-0.2, -0.15) is 0 Å². The first-order valence-corrected chi connectivity index (χ1v) is 6.76. The van der Waals surface area contributed by atoms with Crippen molar-refractivity contribution < 1.29 is 4.57 Å². The molecule has 0 saturated carbocycles. The Hall–Kier alpha value is -2.62. The smallest absolute Gasteiger partial charge is 0.290 e. The van der Waals surface area contributed by atoms with E-state index in [1.54, 1.807) is 0 Å². The number of nitrogens with zero attached hydrogens (tertiary/aromatic N) is 4. The number of rotatable bonds is 0. The van der Waals surface area contributed by atoms with Crippen LogP contribution in [0.15, 0.2) is 49.1 Å². The van der Waals surface area contributed by atoms with Crippen molar-refractivity contribution in [3.05, 3.63) is 54.6 Å². The molecule has 20 heavy (non-hydrogen) atoms. The highest BCUT2D eigenvalue weighted by molar-refractivity contribution is 5.91. The second-order valence-electron chi connectivity index (χ2n) is 5.36. The van der Waals surface area contributed by atoms with Gasteiger partial charge in [-0.15, -0.1) is 0 Å². The first-order valence-electron chi connectivity index (χ1n) is 6.76. The average molecular weight is 261 g/mol. The van der Waals surface area contributed by atoms with Crippen LogP contribution < -0.4 is 4.57 Å². The first-order chi connectivity index (χ1) is 9.84. The summed E-state index contributed by atoms with van der Waals surface area (Å²) in [7, 11) is 2.14. The summed E-state index contributed by atoms with van der Waals surface area (Å²) in [6, 6.07) is 10.7. The molecule has 0 aliphatic carbocycles. The first kappa shape index (κ1) is 10.2. The highest BCUT2D eigenvalue weighted by atomic mass is 15.2. The molecule has 0 saturated heterocycles. The molecule has 0 unspecified atom stereocenters. The van der Waals surface area contributed by atoms with Crippen LogP contribution in [0.4, 0.5) is 0 Å².